The molecule has 142 valence electrons. The van der Waals surface area contributed by atoms with E-state index in [0.717, 1.165) is 29.2 Å². The van der Waals surface area contributed by atoms with Crippen LogP contribution in [0.3, 0.4) is 0 Å². The van der Waals surface area contributed by atoms with Gasteiger partial charge in [0.2, 0.25) is 5.89 Å². The number of aryl methyl sites for hydroxylation is 1. The number of hydrogen-bond donors (Lipinski definition) is 0. The Morgan fingerprint density at radius 3 is 2.30 bits per heavy atom. The van der Waals surface area contributed by atoms with Crippen LogP contribution in [0.1, 0.15) is 45.4 Å². The predicted octanol–water partition coefficient (Wildman–Crippen LogP) is 5.67. The molecule has 2 heterocycles. The molecule has 2 aromatic heterocycles. The lowest BCUT2D eigenvalue weighted by Crippen LogP contribution is -2.32. The number of ether oxygens (including phenoxy) is 1. The highest BCUT2D eigenvalue weighted by Gasteiger charge is 2.10. The molecule has 0 aliphatic rings. The van der Waals surface area contributed by atoms with Crippen LogP contribution < -0.4 is 9.30 Å². The van der Waals surface area contributed by atoms with E-state index in [9.17, 15) is 0 Å². The summed E-state index contributed by atoms with van der Waals surface area (Å²) in [6, 6.07) is 11.9. The molecule has 0 saturated carbocycles. The molecule has 4 nitrogen and oxygen atoms in total. The molecule has 27 heavy (non-hydrogen) atoms. The van der Waals surface area contributed by atoms with Crippen LogP contribution in [-0.2, 0) is 6.54 Å². The van der Waals surface area contributed by atoms with E-state index in [2.05, 4.69) is 41.0 Å². The summed E-state index contributed by atoms with van der Waals surface area (Å²) in [6.45, 7) is 3.32. The molecule has 1 aromatic carbocycles. The van der Waals surface area contributed by atoms with Crippen molar-refractivity contribution in [3.63, 3.8) is 0 Å². The highest BCUT2D eigenvalue weighted by molar-refractivity contribution is 5.61. The second-order valence-corrected chi connectivity index (χ2v) is 6.85. The molecule has 0 amide bonds. The molecule has 0 radical (unpaired) electrons. The number of methoxy groups -OCH3 is 1. The van der Waals surface area contributed by atoms with Gasteiger partial charge in [-0.25, -0.2) is 9.55 Å². The van der Waals surface area contributed by atoms with Gasteiger partial charge < -0.3 is 9.15 Å². The average molecular weight is 365 g/mol. The monoisotopic (exact) mass is 365 g/mol. The molecule has 0 aliphatic carbocycles. The van der Waals surface area contributed by atoms with Crippen LogP contribution in [0.2, 0.25) is 0 Å². The lowest BCUT2D eigenvalue weighted by atomic mass is 10.1. The molecule has 0 bridgehead atoms. The number of oxazole rings is 1. The fourth-order valence-electron chi connectivity index (χ4n) is 3.12. The van der Waals surface area contributed by atoms with E-state index in [-0.39, 0.29) is 0 Å². The number of benzene rings is 1. The fourth-order valence-corrected chi connectivity index (χ4v) is 3.12. The first-order valence-electron chi connectivity index (χ1n) is 9.90. The number of rotatable bonds is 10. The zero-order chi connectivity index (χ0) is 18.9. The van der Waals surface area contributed by atoms with Gasteiger partial charge in [0.15, 0.2) is 18.2 Å². The minimum Gasteiger partial charge on any atom is -0.497 e. The summed E-state index contributed by atoms with van der Waals surface area (Å²) in [6.07, 6.45) is 13.9. The molecule has 0 unspecified atom stereocenters. The van der Waals surface area contributed by atoms with E-state index in [1.165, 1.54) is 38.5 Å². The summed E-state index contributed by atoms with van der Waals surface area (Å²) in [5.74, 6) is 2.24. The van der Waals surface area contributed by atoms with Crippen LogP contribution in [0, 0.1) is 0 Å². The first-order chi connectivity index (χ1) is 13.3. The van der Waals surface area contributed by atoms with E-state index in [4.69, 9.17) is 9.15 Å². The predicted molar refractivity (Wildman–Crippen MR) is 107 cm³/mol. The van der Waals surface area contributed by atoms with Crippen LogP contribution in [0.25, 0.3) is 22.8 Å². The smallest absolute Gasteiger partial charge is 0.227 e. The third-order valence-corrected chi connectivity index (χ3v) is 4.79. The zero-order valence-electron chi connectivity index (χ0n) is 16.4. The van der Waals surface area contributed by atoms with Crippen molar-refractivity contribution >= 4 is 0 Å². The molecule has 0 saturated heterocycles. The van der Waals surface area contributed by atoms with Crippen molar-refractivity contribution in [3.8, 4) is 28.5 Å². The molecular weight excluding hydrogens is 336 g/mol. The maximum absolute atomic E-state index is 5.94. The maximum atomic E-state index is 5.94. The molecule has 0 N–H and O–H groups in total. The van der Waals surface area contributed by atoms with Crippen LogP contribution in [-0.4, -0.2) is 12.1 Å². The topological polar surface area (TPSA) is 39.1 Å². The Balaban J connectivity index is 1.56. The molecule has 0 fully saturated rings. The third-order valence-electron chi connectivity index (χ3n) is 4.79. The first-order valence-corrected chi connectivity index (χ1v) is 9.90. The van der Waals surface area contributed by atoms with Crippen molar-refractivity contribution in [1.29, 1.82) is 0 Å². The van der Waals surface area contributed by atoms with Gasteiger partial charge in [0, 0.05) is 29.7 Å². The highest BCUT2D eigenvalue weighted by Crippen LogP contribution is 2.26. The summed E-state index contributed by atoms with van der Waals surface area (Å²) in [7, 11) is 1.66. The molecule has 0 atom stereocenters. The molecule has 3 rings (SSSR count). The largest absolute Gasteiger partial charge is 0.497 e. The minimum absolute atomic E-state index is 0.646. The van der Waals surface area contributed by atoms with Gasteiger partial charge >= 0.3 is 0 Å². The summed E-state index contributed by atoms with van der Waals surface area (Å²) in [4.78, 5) is 4.43. The Morgan fingerprint density at radius 1 is 0.889 bits per heavy atom. The maximum Gasteiger partial charge on any atom is 0.227 e. The number of hydrogen-bond acceptors (Lipinski definition) is 3. The summed E-state index contributed by atoms with van der Waals surface area (Å²) < 4.78 is 13.4. The summed E-state index contributed by atoms with van der Waals surface area (Å²) in [5, 5.41) is 0. The molecular formula is C23H29N2O2+. The minimum atomic E-state index is 0.646. The molecule has 0 aliphatic heterocycles. The quantitative estimate of drug-likeness (QED) is 0.343. The number of aromatic nitrogens is 2. The van der Waals surface area contributed by atoms with Crippen molar-refractivity contribution in [2.45, 2.75) is 52.0 Å². The third kappa shape index (κ3) is 5.43. The van der Waals surface area contributed by atoms with Gasteiger partial charge in [-0.2, -0.15) is 0 Å². The Morgan fingerprint density at radius 2 is 1.59 bits per heavy atom. The number of unbranched alkanes of at least 4 members (excludes halogenated alkanes) is 5. The Labute approximate surface area is 161 Å². The van der Waals surface area contributed by atoms with Gasteiger partial charge in [-0.05, 0) is 30.7 Å². The van der Waals surface area contributed by atoms with Crippen molar-refractivity contribution in [2.75, 3.05) is 7.11 Å². The average Bonchev–Trinajstić information content (AvgIpc) is 3.21. The van der Waals surface area contributed by atoms with Gasteiger partial charge in [0.05, 0.1) is 13.3 Å². The Bertz CT molecular complexity index is 807. The van der Waals surface area contributed by atoms with E-state index >= 15 is 0 Å². The first kappa shape index (κ1) is 19.2. The van der Waals surface area contributed by atoms with Gasteiger partial charge in [-0.1, -0.05) is 32.6 Å². The molecule has 0 spiro atoms. The number of nitrogens with zero attached hydrogens (tertiary/aromatic N) is 2. The van der Waals surface area contributed by atoms with Crippen molar-refractivity contribution in [2.24, 2.45) is 0 Å². The van der Waals surface area contributed by atoms with Crippen molar-refractivity contribution in [3.05, 3.63) is 55.0 Å². The zero-order valence-corrected chi connectivity index (χ0v) is 16.4. The lowest BCUT2D eigenvalue weighted by Gasteiger charge is -2.01. The second kappa shape index (κ2) is 9.91. The van der Waals surface area contributed by atoms with Crippen molar-refractivity contribution in [1.82, 2.24) is 4.98 Å². The van der Waals surface area contributed by atoms with Gasteiger partial charge in [-0.3, -0.25) is 0 Å². The fraction of sp³-hybridized carbons (Fsp3) is 0.391. The van der Waals surface area contributed by atoms with Crippen LogP contribution in [0.15, 0.2) is 59.4 Å². The van der Waals surface area contributed by atoms with E-state index in [1.807, 2.05) is 24.3 Å². The van der Waals surface area contributed by atoms with E-state index in [1.54, 1.807) is 13.3 Å². The molecule has 3 aromatic rings. The van der Waals surface area contributed by atoms with Crippen LogP contribution in [0.5, 0.6) is 5.75 Å². The van der Waals surface area contributed by atoms with Crippen LogP contribution in [0.4, 0.5) is 0 Å². The lowest BCUT2D eigenvalue weighted by molar-refractivity contribution is -0.697. The van der Waals surface area contributed by atoms with Crippen LogP contribution >= 0.6 is 0 Å². The van der Waals surface area contributed by atoms with Crippen molar-refractivity contribution < 1.29 is 13.7 Å². The normalized spacial score (nSPS) is 10.9. The van der Waals surface area contributed by atoms with Gasteiger partial charge in [0.1, 0.15) is 12.3 Å². The second-order valence-electron chi connectivity index (χ2n) is 6.85. The summed E-state index contributed by atoms with van der Waals surface area (Å²) >= 11 is 0. The van der Waals surface area contributed by atoms with Gasteiger partial charge in [-0.15, -0.1) is 0 Å². The SMILES string of the molecule is CCCCCCCC[n+]1ccc(-c2ncc(-c3ccc(OC)cc3)o2)cc1. The van der Waals surface area contributed by atoms with E-state index < -0.39 is 0 Å². The van der Waals surface area contributed by atoms with Gasteiger partial charge in [0.25, 0.3) is 0 Å². The summed E-state index contributed by atoms with van der Waals surface area (Å²) in [5.41, 5.74) is 1.98. The number of pyridine rings is 1. The highest BCUT2D eigenvalue weighted by atomic mass is 16.5. The van der Waals surface area contributed by atoms with E-state index in [0.29, 0.717) is 5.89 Å². The molecule has 4 heteroatoms. The Hall–Kier alpha value is -2.62. The Kier molecular flexibility index (Phi) is 7.03. The standard InChI is InChI=1S/C23H29N2O2/c1-3-4-5-6-7-8-15-25-16-13-20(14-17-25)23-24-18-22(27-23)19-9-11-21(26-2)12-10-19/h9-14,16-18H,3-8,15H2,1-2H3/q+1.